The molecule has 0 aromatic carbocycles. The second kappa shape index (κ2) is 6.98. The van der Waals surface area contributed by atoms with Gasteiger partial charge in [0.2, 0.25) is 0 Å². The molecule has 3 aromatic rings. The van der Waals surface area contributed by atoms with Crippen LogP contribution in [0.5, 0.6) is 0 Å². The van der Waals surface area contributed by atoms with E-state index in [2.05, 4.69) is 37.3 Å². The number of pyridine rings is 2. The molecule has 6 heteroatoms. The second-order valence-corrected chi connectivity index (χ2v) is 5.91. The Labute approximate surface area is 140 Å². The SMILES string of the molecule is c1ccc([C@H](CNc2ccc3cc[nH]c3n2)N2CCOCC2)nc1. The van der Waals surface area contributed by atoms with Gasteiger partial charge in [0, 0.05) is 37.4 Å². The molecule has 3 aromatic heterocycles. The molecule has 4 rings (SSSR count). The Balaban J connectivity index is 1.52. The van der Waals surface area contributed by atoms with E-state index in [4.69, 9.17) is 4.74 Å². The zero-order chi connectivity index (χ0) is 16.2. The molecule has 0 spiro atoms. The zero-order valence-corrected chi connectivity index (χ0v) is 13.5. The van der Waals surface area contributed by atoms with Gasteiger partial charge in [0.1, 0.15) is 11.5 Å². The van der Waals surface area contributed by atoms with Gasteiger partial charge >= 0.3 is 0 Å². The van der Waals surface area contributed by atoms with Crippen molar-refractivity contribution in [3.63, 3.8) is 0 Å². The quantitative estimate of drug-likeness (QED) is 0.755. The van der Waals surface area contributed by atoms with Crippen molar-refractivity contribution in [1.29, 1.82) is 0 Å². The lowest BCUT2D eigenvalue weighted by Gasteiger charge is -2.34. The Bertz CT molecular complexity index is 782. The molecule has 0 radical (unpaired) electrons. The number of rotatable bonds is 5. The molecule has 124 valence electrons. The molecule has 4 heterocycles. The maximum absolute atomic E-state index is 5.49. The molecule has 1 atom stereocenters. The van der Waals surface area contributed by atoms with Gasteiger partial charge < -0.3 is 15.0 Å². The monoisotopic (exact) mass is 323 g/mol. The lowest BCUT2D eigenvalue weighted by atomic mass is 10.1. The van der Waals surface area contributed by atoms with Crippen LogP contribution in [-0.4, -0.2) is 52.7 Å². The van der Waals surface area contributed by atoms with Gasteiger partial charge in [-0.05, 0) is 30.3 Å². The molecule has 1 aliphatic rings. The van der Waals surface area contributed by atoms with Crippen molar-refractivity contribution >= 4 is 16.9 Å². The summed E-state index contributed by atoms with van der Waals surface area (Å²) in [5, 5.41) is 4.59. The van der Waals surface area contributed by atoms with Crippen LogP contribution in [0.4, 0.5) is 5.82 Å². The number of aromatic amines is 1. The Morgan fingerprint density at radius 2 is 2.08 bits per heavy atom. The molecule has 0 unspecified atom stereocenters. The number of hydrogen-bond acceptors (Lipinski definition) is 5. The number of H-pyrrole nitrogens is 1. The fourth-order valence-electron chi connectivity index (χ4n) is 3.11. The van der Waals surface area contributed by atoms with Crippen molar-refractivity contribution in [3.8, 4) is 0 Å². The van der Waals surface area contributed by atoms with E-state index in [1.807, 2.05) is 36.7 Å². The average molecular weight is 323 g/mol. The summed E-state index contributed by atoms with van der Waals surface area (Å²) < 4.78 is 5.49. The molecule has 2 N–H and O–H groups in total. The number of nitrogens with zero attached hydrogens (tertiary/aromatic N) is 3. The van der Waals surface area contributed by atoms with Gasteiger partial charge in [0.15, 0.2) is 0 Å². The van der Waals surface area contributed by atoms with Gasteiger partial charge in [-0.3, -0.25) is 9.88 Å². The molecule has 1 fully saturated rings. The normalized spacial score (nSPS) is 17.0. The van der Waals surface area contributed by atoms with Gasteiger partial charge in [0.25, 0.3) is 0 Å². The first kappa shape index (κ1) is 15.1. The Morgan fingerprint density at radius 3 is 2.92 bits per heavy atom. The molecule has 1 saturated heterocycles. The third-order valence-electron chi connectivity index (χ3n) is 4.40. The molecule has 24 heavy (non-hydrogen) atoms. The maximum atomic E-state index is 5.49. The molecular formula is C18H21N5O. The number of fused-ring (bicyclic) bond motifs is 1. The van der Waals surface area contributed by atoms with Crippen LogP contribution in [0.3, 0.4) is 0 Å². The number of aromatic nitrogens is 3. The smallest absolute Gasteiger partial charge is 0.139 e. The summed E-state index contributed by atoms with van der Waals surface area (Å²) in [4.78, 5) is 14.7. The van der Waals surface area contributed by atoms with E-state index in [1.54, 1.807) is 0 Å². The van der Waals surface area contributed by atoms with Crippen LogP contribution >= 0.6 is 0 Å². The fourth-order valence-corrected chi connectivity index (χ4v) is 3.11. The molecule has 0 bridgehead atoms. The van der Waals surface area contributed by atoms with Crippen LogP contribution in [-0.2, 0) is 4.74 Å². The second-order valence-electron chi connectivity index (χ2n) is 5.91. The van der Waals surface area contributed by atoms with Crippen molar-refractivity contribution in [2.45, 2.75) is 6.04 Å². The van der Waals surface area contributed by atoms with Crippen LogP contribution in [0.1, 0.15) is 11.7 Å². The van der Waals surface area contributed by atoms with Gasteiger partial charge in [-0.2, -0.15) is 0 Å². The summed E-state index contributed by atoms with van der Waals surface area (Å²) in [5.41, 5.74) is 1.98. The highest BCUT2D eigenvalue weighted by Gasteiger charge is 2.23. The minimum atomic E-state index is 0.205. The number of morpholine rings is 1. The maximum Gasteiger partial charge on any atom is 0.139 e. The predicted octanol–water partition coefficient (Wildman–Crippen LogP) is 2.44. The van der Waals surface area contributed by atoms with Crippen molar-refractivity contribution in [3.05, 3.63) is 54.5 Å². The first-order valence-electron chi connectivity index (χ1n) is 8.31. The minimum absolute atomic E-state index is 0.205. The highest BCUT2D eigenvalue weighted by atomic mass is 16.5. The molecule has 0 aliphatic carbocycles. The van der Waals surface area contributed by atoms with E-state index in [-0.39, 0.29) is 6.04 Å². The summed E-state index contributed by atoms with van der Waals surface area (Å²) in [5.74, 6) is 0.874. The van der Waals surface area contributed by atoms with Crippen molar-refractivity contribution < 1.29 is 4.74 Å². The number of nitrogens with one attached hydrogen (secondary N) is 2. The molecule has 6 nitrogen and oxygen atoms in total. The Morgan fingerprint density at radius 1 is 1.17 bits per heavy atom. The molecule has 1 aliphatic heterocycles. The van der Waals surface area contributed by atoms with Crippen LogP contribution < -0.4 is 5.32 Å². The Hall–Kier alpha value is -2.44. The highest BCUT2D eigenvalue weighted by molar-refractivity contribution is 5.77. The summed E-state index contributed by atoms with van der Waals surface area (Å²) in [6, 6.07) is 12.4. The first-order chi connectivity index (χ1) is 11.9. The number of hydrogen-bond donors (Lipinski definition) is 2. The van der Waals surface area contributed by atoms with Gasteiger partial charge in [0.05, 0.1) is 24.9 Å². The third-order valence-corrected chi connectivity index (χ3v) is 4.40. The van der Waals surface area contributed by atoms with E-state index < -0.39 is 0 Å². The summed E-state index contributed by atoms with van der Waals surface area (Å²) in [7, 11) is 0. The van der Waals surface area contributed by atoms with Crippen LogP contribution in [0.25, 0.3) is 11.0 Å². The fraction of sp³-hybridized carbons (Fsp3) is 0.333. The molecule has 0 amide bonds. The lowest BCUT2D eigenvalue weighted by Crippen LogP contribution is -2.41. The highest BCUT2D eigenvalue weighted by Crippen LogP contribution is 2.21. The van der Waals surface area contributed by atoms with Crippen LogP contribution in [0.15, 0.2) is 48.8 Å². The topological polar surface area (TPSA) is 66.1 Å². The summed E-state index contributed by atoms with van der Waals surface area (Å²) in [6.45, 7) is 4.15. The van der Waals surface area contributed by atoms with Gasteiger partial charge in [-0.25, -0.2) is 4.98 Å². The molecular weight excluding hydrogens is 302 g/mol. The number of ether oxygens (including phenoxy) is 1. The van der Waals surface area contributed by atoms with E-state index in [1.165, 1.54) is 0 Å². The van der Waals surface area contributed by atoms with Crippen molar-refractivity contribution in [2.75, 3.05) is 38.2 Å². The van der Waals surface area contributed by atoms with E-state index in [0.717, 1.165) is 55.4 Å². The largest absolute Gasteiger partial charge is 0.379 e. The van der Waals surface area contributed by atoms with Crippen molar-refractivity contribution in [1.82, 2.24) is 19.9 Å². The van der Waals surface area contributed by atoms with E-state index in [9.17, 15) is 0 Å². The molecule has 0 saturated carbocycles. The summed E-state index contributed by atoms with van der Waals surface area (Å²) in [6.07, 6.45) is 3.76. The van der Waals surface area contributed by atoms with Crippen molar-refractivity contribution in [2.24, 2.45) is 0 Å². The third kappa shape index (κ3) is 3.25. The minimum Gasteiger partial charge on any atom is -0.379 e. The predicted molar refractivity (Wildman–Crippen MR) is 94.0 cm³/mol. The van der Waals surface area contributed by atoms with Gasteiger partial charge in [-0.1, -0.05) is 6.07 Å². The van der Waals surface area contributed by atoms with Crippen LogP contribution in [0.2, 0.25) is 0 Å². The number of anilines is 1. The standard InChI is InChI=1S/C18H21N5O/c1-2-7-19-15(3-1)16(23-9-11-24-12-10-23)13-21-17-5-4-14-6-8-20-18(14)22-17/h1-8,16H,9-13H2,(H2,20,21,22)/t16-/m0/s1. The van der Waals surface area contributed by atoms with Gasteiger partial charge in [-0.15, -0.1) is 0 Å². The van der Waals surface area contributed by atoms with Crippen LogP contribution in [0, 0.1) is 0 Å². The lowest BCUT2D eigenvalue weighted by molar-refractivity contribution is 0.0179. The average Bonchev–Trinajstić information content (AvgIpc) is 3.11. The summed E-state index contributed by atoms with van der Waals surface area (Å²) >= 11 is 0. The first-order valence-corrected chi connectivity index (χ1v) is 8.31. The van der Waals surface area contributed by atoms with E-state index in [0.29, 0.717) is 0 Å². The Kier molecular flexibility index (Phi) is 4.40. The van der Waals surface area contributed by atoms with E-state index >= 15 is 0 Å². The zero-order valence-electron chi connectivity index (χ0n) is 13.5.